The van der Waals surface area contributed by atoms with Crippen LogP contribution < -0.4 is 10.1 Å². The Morgan fingerprint density at radius 3 is 2.84 bits per heavy atom. The third-order valence-electron chi connectivity index (χ3n) is 4.77. The minimum atomic E-state index is -0.644. The lowest BCUT2D eigenvalue weighted by molar-refractivity contribution is -0.142. The molecule has 6 nitrogen and oxygen atoms in total. The van der Waals surface area contributed by atoms with E-state index >= 15 is 0 Å². The minimum absolute atomic E-state index is 0.0553. The predicted octanol–water partition coefficient (Wildman–Crippen LogP) is 2.28. The molecule has 0 radical (unpaired) electrons. The average Bonchev–Trinajstić information content (AvgIpc) is 3.17. The topological polar surface area (TPSA) is 59.4 Å². The molecule has 1 aliphatic heterocycles. The van der Waals surface area contributed by atoms with E-state index in [1.54, 1.807) is 24.3 Å². The molecule has 1 aromatic heterocycles. The van der Waals surface area contributed by atoms with Gasteiger partial charge in [0.1, 0.15) is 11.3 Å². The van der Waals surface area contributed by atoms with Crippen LogP contribution in [-0.4, -0.2) is 47.8 Å². The minimum Gasteiger partial charge on any atom is -0.496 e. The van der Waals surface area contributed by atoms with Crippen LogP contribution in [0.2, 0.25) is 5.02 Å². The fourth-order valence-corrected chi connectivity index (χ4v) is 3.65. The highest BCUT2D eigenvalue weighted by Crippen LogP contribution is 2.31. The number of aromatic nitrogens is 2. The Morgan fingerprint density at radius 2 is 2.20 bits per heavy atom. The van der Waals surface area contributed by atoms with E-state index in [-0.39, 0.29) is 5.91 Å². The Balaban J connectivity index is 1.86. The van der Waals surface area contributed by atoms with Gasteiger partial charge in [0.05, 0.1) is 7.11 Å². The van der Waals surface area contributed by atoms with Crippen molar-refractivity contribution in [2.45, 2.75) is 24.9 Å². The Kier molecular flexibility index (Phi) is 5.30. The van der Waals surface area contributed by atoms with Gasteiger partial charge < -0.3 is 15.0 Å². The summed E-state index contributed by atoms with van der Waals surface area (Å²) in [5, 5.41) is 8.31. The number of piperidine rings is 1. The second-order valence-electron chi connectivity index (χ2n) is 6.35. The van der Waals surface area contributed by atoms with Gasteiger partial charge in [-0.25, -0.2) is 0 Å². The molecule has 3 rings (SSSR count). The molecule has 1 fully saturated rings. The summed E-state index contributed by atoms with van der Waals surface area (Å²) in [6.45, 7) is 2.01. The van der Waals surface area contributed by atoms with Gasteiger partial charge in [0.2, 0.25) is 0 Å². The molecule has 1 aromatic carbocycles. The molecule has 0 saturated carbocycles. The number of benzene rings is 1. The molecule has 0 unspecified atom stereocenters. The quantitative estimate of drug-likeness (QED) is 0.886. The Morgan fingerprint density at radius 1 is 1.44 bits per heavy atom. The van der Waals surface area contributed by atoms with E-state index < -0.39 is 5.54 Å². The second kappa shape index (κ2) is 7.45. The van der Waals surface area contributed by atoms with E-state index in [1.165, 1.54) is 0 Å². The average molecular weight is 363 g/mol. The van der Waals surface area contributed by atoms with Crippen molar-refractivity contribution in [2.75, 3.05) is 27.2 Å². The van der Waals surface area contributed by atoms with Crippen molar-refractivity contribution >= 4 is 17.5 Å². The first kappa shape index (κ1) is 17.8. The highest BCUT2D eigenvalue weighted by Gasteiger charge is 2.43. The summed E-state index contributed by atoms with van der Waals surface area (Å²) < 4.78 is 7.21. The van der Waals surface area contributed by atoms with Crippen LogP contribution in [0.15, 0.2) is 36.7 Å². The van der Waals surface area contributed by atoms with Crippen molar-refractivity contribution < 1.29 is 9.53 Å². The van der Waals surface area contributed by atoms with E-state index in [1.807, 2.05) is 36.1 Å². The third-order valence-corrected chi connectivity index (χ3v) is 5.00. The largest absolute Gasteiger partial charge is 0.496 e. The van der Waals surface area contributed by atoms with Gasteiger partial charge in [-0.05, 0) is 50.2 Å². The Labute approximate surface area is 152 Å². The van der Waals surface area contributed by atoms with Gasteiger partial charge in [-0.1, -0.05) is 11.6 Å². The van der Waals surface area contributed by atoms with Gasteiger partial charge in [0, 0.05) is 36.6 Å². The van der Waals surface area contributed by atoms with E-state index in [0.717, 1.165) is 24.4 Å². The second-order valence-corrected chi connectivity index (χ2v) is 6.79. The van der Waals surface area contributed by atoms with E-state index in [2.05, 4.69) is 10.4 Å². The summed E-state index contributed by atoms with van der Waals surface area (Å²) in [7, 11) is 3.43. The molecule has 1 N–H and O–H groups in total. The first-order valence-electron chi connectivity index (χ1n) is 8.35. The third kappa shape index (κ3) is 3.50. The zero-order valence-electron chi connectivity index (χ0n) is 14.5. The summed E-state index contributed by atoms with van der Waals surface area (Å²) in [6, 6.07) is 7.30. The number of likely N-dealkylation sites (N-methyl/N-ethyl adjacent to an activating group) is 1. The van der Waals surface area contributed by atoms with Gasteiger partial charge in [0.25, 0.3) is 5.91 Å². The van der Waals surface area contributed by atoms with Crippen LogP contribution in [0.25, 0.3) is 0 Å². The standard InChI is InChI=1S/C18H23ClN4O2/c1-22(13-14-12-15(19)4-5-16(14)25-2)17(24)18(6-9-20-10-7-18)23-11-3-8-21-23/h3-5,8,11-12,20H,6-7,9-10,13H2,1-2H3. The Bertz CT molecular complexity index is 727. The number of hydrogen-bond acceptors (Lipinski definition) is 4. The summed E-state index contributed by atoms with van der Waals surface area (Å²) >= 11 is 6.11. The first-order chi connectivity index (χ1) is 12.1. The zero-order chi connectivity index (χ0) is 17.9. The van der Waals surface area contributed by atoms with Gasteiger partial charge in [-0.2, -0.15) is 5.10 Å². The van der Waals surface area contributed by atoms with E-state index in [0.29, 0.717) is 24.4 Å². The van der Waals surface area contributed by atoms with Crippen LogP contribution in [0.4, 0.5) is 0 Å². The number of carbonyl (C=O) groups is 1. The van der Waals surface area contributed by atoms with E-state index in [4.69, 9.17) is 16.3 Å². The number of halogens is 1. The van der Waals surface area contributed by atoms with Gasteiger partial charge in [-0.15, -0.1) is 0 Å². The first-order valence-corrected chi connectivity index (χ1v) is 8.73. The fraction of sp³-hybridized carbons (Fsp3) is 0.444. The predicted molar refractivity (Wildman–Crippen MR) is 96.8 cm³/mol. The van der Waals surface area contributed by atoms with Crippen molar-refractivity contribution in [1.82, 2.24) is 20.0 Å². The van der Waals surface area contributed by atoms with Crippen molar-refractivity contribution in [1.29, 1.82) is 0 Å². The number of hydrogen-bond donors (Lipinski definition) is 1. The molecular weight excluding hydrogens is 340 g/mol. The van der Waals surface area contributed by atoms with Crippen LogP contribution in [0, 0.1) is 0 Å². The molecular formula is C18H23ClN4O2. The highest BCUT2D eigenvalue weighted by atomic mass is 35.5. The number of carbonyl (C=O) groups excluding carboxylic acids is 1. The van der Waals surface area contributed by atoms with Crippen LogP contribution in [0.3, 0.4) is 0 Å². The maximum atomic E-state index is 13.4. The number of nitrogens with one attached hydrogen (secondary N) is 1. The molecule has 0 aliphatic carbocycles. The maximum absolute atomic E-state index is 13.4. The fourth-order valence-electron chi connectivity index (χ4n) is 3.46. The highest BCUT2D eigenvalue weighted by molar-refractivity contribution is 6.30. The van der Waals surface area contributed by atoms with Crippen molar-refractivity contribution in [2.24, 2.45) is 0 Å². The van der Waals surface area contributed by atoms with Crippen molar-refractivity contribution in [3.63, 3.8) is 0 Å². The molecule has 1 amide bonds. The van der Waals surface area contributed by atoms with Gasteiger partial charge in [-0.3, -0.25) is 9.48 Å². The number of rotatable bonds is 5. The summed E-state index contributed by atoms with van der Waals surface area (Å²) in [4.78, 5) is 15.1. The number of methoxy groups -OCH3 is 1. The van der Waals surface area contributed by atoms with Crippen molar-refractivity contribution in [3.8, 4) is 5.75 Å². The molecule has 0 bridgehead atoms. The van der Waals surface area contributed by atoms with Crippen LogP contribution >= 0.6 is 11.6 Å². The van der Waals surface area contributed by atoms with Crippen molar-refractivity contribution in [3.05, 3.63) is 47.2 Å². The molecule has 0 atom stereocenters. The lowest BCUT2D eigenvalue weighted by Gasteiger charge is -2.39. The molecule has 2 heterocycles. The lowest BCUT2D eigenvalue weighted by Crippen LogP contribution is -2.54. The van der Waals surface area contributed by atoms with E-state index in [9.17, 15) is 4.79 Å². The zero-order valence-corrected chi connectivity index (χ0v) is 15.3. The molecule has 134 valence electrons. The maximum Gasteiger partial charge on any atom is 0.250 e. The molecule has 2 aromatic rings. The summed E-state index contributed by atoms with van der Waals surface area (Å²) in [5.41, 5.74) is 0.241. The molecule has 1 aliphatic rings. The molecule has 0 spiro atoms. The summed E-state index contributed by atoms with van der Waals surface area (Å²) in [6.07, 6.45) is 5.02. The van der Waals surface area contributed by atoms with Crippen LogP contribution in [0.1, 0.15) is 18.4 Å². The SMILES string of the molecule is COc1ccc(Cl)cc1CN(C)C(=O)C1(n2cccn2)CCNCC1. The smallest absolute Gasteiger partial charge is 0.250 e. The Hall–Kier alpha value is -2.05. The number of ether oxygens (including phenoxy) is 1. The molecule has 25 heavy (non-hydrogen) atoms. The molecule has 1 saturated heterocycles. The normalized spacial score (nSPS) is 16.4. The number of nitrogens with zero attached hydrogens (tertiary/aromatic N) is 3. The number of amides is 1. The van der Waals surface area contributed by atoms with Crippen LogP contribution in [-0.2, 0) is 16.9 Å². The molecule has 7 heteroatoms. The lowest BCUT2D eigenvalue weighted by atomic mass is 9.86. The van der Waals surface area contributed by atoms with Gasteiger partial charge >= 0.3 is 0 Å². The monoisotopic (exact) mass is 362 g/mol. The van der Waals surface area contributed by atoms with Crippen LogP contribution in [0.5, 0.6) is 5.75 Å². The van der Waals surface area contributed by atoms with Gasteiger partial charge in [0.15, 0.2) is 0 Å². The summed E-state index contributed by atoms with van der Waals surface area (Å²) in [5.74, 6) is 0.780.